The molecule has 0 saturated carbocycles. The van der Waals surface area contributed by atoms with Gasteiger partial charge >= 0.3 is 6.18 Å². The minimum absolute atomic E-state index is 0.0693. The molecule has 1 rings (SSSR count). The van der Waals surface area contributed by atoms with Gasteiger partial charge in [0.05, 0.1) is 11.3 Å². The first kappa shape index (κ1) is 13.4. The lowest BCUT2D eigenvalue weighted by molar-refractivity contribution is -0.384. The number of alkyl halides is 3. The molecule has 0 unspecified atom stereocenters. The van der Waals surface area contributed by atoms with Crippen LogP contribution >= 0.6 is 0 Å². The van der Waals surface area contributed by atoms with Gasteiger partial charge in [0.2, 0.25) is 0 Å². The fraction of sp³-hybridized carbons (Fsp3) is 0.400. The first-order valence-electron chi connectivity index (χ1n) is 4.89. The SMILES string of the molecule is O=[N+]([O-])c1cccc(CNCCC(F)(F)F)c1. The third kappa shape index (κ3) is 5.30. The molecule has 0 bridgehead atoms. The van der Waals surface area contributed by atoms with E-state index in [1.54, 1.807) is 6.07 Å². The Hall–Kier alpha value is -1.63. The van der Waals surface area contributed by atoms with E-state index in [1.165, 1.54) is 18.2 Å². The van der Waals surface area contributed by atoms with Crippen LogP contribution in [-0.4, -0.2) is 17.6 Å². The summed E-state index contributed by atoms with van der Waals surface area (Å²) in [6.45, 7) is -0.0239. The molecule has 0 aliphatic rings. The van der Waals surface area contributed by atoms with Crippen molar-refractivity contribution < 1.29 is 18.1 Å². The highest BCUT2D eigenvalue weighted by Gasteiger charge is 2.25. The Morgan fingerprint density at radius 2 is 2.06 bits per heavy atom. The monoisotopic (exact) mass is 248 g/mol. The summed E-state index contributed by atoms with van der Waals surface area (Å²) in [6, 6.07) is 5.78. The number of hydrogen-bond acceptors (Lipinski definition) is 3. The maximum absolute atomic E-state index is 11.8. The molecule has 0 aliphatic heterocycles. The maximum atomic E-state index is 11.8. The summed E-state index contributed by atoms with van der Waals surface area (Å²) in [4.78, 5) is 9.91. The molecule has 1 aromatic rings. The molecular weight excluding hydrogens is 237 g/mol. The molecule has 0 atom stereocenters. The Morgan fingerprint density at radius 1 is 1.35 bits per heavy atom. The highest BCUT2D eigenvalue weighted by Crippen LogP contribution is 2.18. The van der Waals surface area contributed by atoms with E-state index in [2.05, 4.69) is 5.32 Å². The topological polar surface area (TPSA) is 55.2 Å². The molecule has 0 radical (unpaired) electrons. The summed E-state index contributed by atoms with van der Waals surface area (Å²) in [7, 11) is 0. The van der Waals surface area contributed by atoms with Crippen LogP contribution in [0.3, 0.4) is 0 Å². The van der Waals surface area contributed by atoms with Gasteiger partial charge in [-0.05, 0) is 5.56 Å². The molecule has 0 amide bonds. The minimum atomic E-state index is -4.18. The van der Waals surface area contributed by atoms with Gasteiger partial charge < -0.3 is 5.32 Å². The zero-order valence-electron chi connectivity index (χ0n) is 8.83. The number of nitro benzene ring substituents is 1. The Kier molecular flexibility index (Phi) is 4.45. The number of nitrogens with zero attached hydrogens (tertiary/aromatic N) is 1. The van der Waals surface area contributed by atoms with Crippen LogP contribution in [0.15, 0.2) is 24.3 Å². The summed E-state index contributed by atoms with van der Waals surface area (Å²) in [5.74, 6) is 0. The summed E-state index contributed by atoms with van der Waals surface area (Å²) in [5.41, 5.74) is 0.515. The zero-order chi connectivity index (χ0) is 12.9. The van der Waals surface area contributed by atoms with E-state index in [1.807, 2.05) is 0 Å². The molecule has 0 saturated heterocycles. The van der Waals surface area contributed by atoms with Crippen molar-refractivity contribution in [1.82, 2.24) is 5.32 Å². The largest absolute Gasteiger partial charge is 0.390 e. The van der Waals surface area contributed by atoms with Crippen molar-refractivity contribution in [3.63, 3.8) is 0 Å². The zero-order valence-corrected chi connectivity index (χ0v) is 8.83. The third-order valence-electron chi connectivity index (χ3n) is 2.04. The summed E-state index contributed by atoms with van der Waals surface area (Å²) >= 11 is 0. The van der Waals surface area contributed by atoms with E-state index < -0.39 is 17.5 Å². The molecule has 0 fully saturated rings. The lowest BCUT2D eigenvalue weighted by Gasteiger charge is -2.07. The number of rotatable bonds is 5. The van der Waals surface area contributed by atoms with Crippen LogP contribution in [0.4, 0.5) is 18.9 Å². The van der Waals surface area contributed by atoms with Crippen LogP contribution in [0.1, 0.15) is 12.0 Å². The molecule has 7 heteroatoms. The molecule has 17 heavy (non-hydrogen) atoms. The first-order chi connectivity index (χ1) is 7.88. The summed E-state index contributed by atoms with van der Waals surface area (Å²) < 4.78 is 35.5. The Labute approximate surface area is 95.6 Å². The van der Waals surface area contributed by atoms with E-state index in [4.69, 9.17) is 0 Å². The molecule has 4 nitrogen and oxygen atoms in total. The van der Waals surface area contributed by atoms with Crippen molar-refractivity contribution >= 4 is 5.69 Å². The molecular formula is C10H11F3N2O2. The third-order valence-corrected chi connectivity index (χ3v) is 2.04. The van der Waals surface area contributed by atoms with Gasteiger partial charge in [-0.1, -0.05) is 12.1 Å². The smallest absolute Gasteiger partial charge is 0.312 e. The van der Waals surface area contributed by atoms with Crippen LogP contribution < -0.4 is 5.32 Å². The Bertz CT molecular complexity index is 393. The van der Waals surface area contributed by atoms with Gasteiger partial charge in [0.1, 0.15) is 0 Å². The van der Waals surface area contributed by atoms with Crippen molar-refractivity contribution in [2.75, 3.05) is 6.54 Å². The molecule has 0 aromatic heterocycles. The predicted molar refractivity (Wildman–Crippen MR) is 55.5 cm³/mol. The highest BCUT2D eigenvalue weighted by atomic mass is 19.4. The van der Waals surface area contributed by atoms with Crippen molar-refractivity contribution in [3.05, 3.63) is 39.9 Å². The number of non-ortho nitro benzene ring substituents is 1. The standard InChI is InChI=1S/C10H11F3N2O2/c11-10(12,13)4-5-14-7-8-2-1-3-9(6-8)15(16)17/h1-3,6,14H,4-5,7H2. The molecule has 94 valence electrons. The quantitative estimate of drug-likeness (QED) is 0.495. The van der Waals surface area contributed by atoms with Crippen molar-refractivity contribution in [2.45, 2.75) is 19.1 Å². The molecule has 0 spiro atoms. The predicted octanol–water partition coefficient (Wildman–Crippen LogP) is 2.64. The average Bonchev–Trinajstić information content (AvgIpc) is 2.23. The van der Waals surface area contributed by atoms with E-state index >= 15 is 0 Å². The average molecular weight is 248 g/mol. The van der Waals surface area contributed by atoms with Crippen LogP contribution in [0.5, 0.6) is 0 Å². The van der Waals surface area contributed by atoms with E-state index in [-0.39, 0.29) is 18.8 Å². The van der Waals surface area contributed by atoms with Gasteiger partial charge in [-0.2, -0.15) is 13.2 Å². The van der Waals surface area contributed by atoms with Gasteiger partial charge in [-0.3, -0.25) is 10.1 Å². The highest BCUT2D eigenvalue weighted by molar-refractivity contribution is 5.34. The van der Waals surface area contributed by atoms with Crippen LogP contribution in [0.25, 0.3) is 0 Å². The Morgan fingerprint density at radius 3 is 2.65 bits per heavy atom. The molecule has 1 aromatic carbocycles. The van der Waals surface area contributed by atoms with Crippen LogP contribution in [-0.2, 0) is 6.54 Å². The summed E-state index contributed by atoms with van der Waals surface area (Å²) in [5, 5.41) is 13.0. The number of nitrogens with one attached hydrogen (secondary N) is 1. The van der Waals surface area contributed by atoms with Crippen molar-refractivity contribution in [3.8, 4) is 0 Å². The van der Waals surface area contributed by atoms with Gasteiger partial charge in [0, 0.05) is 25.2 Å². The second-order valence-electron chi connectivity index (χ2n) is 3.47. The van der Waals surface area contributed by atoms with Gasteiger partial charge in [0.25, 0.3) is 5.69 Å². The minimum Gasteiger partial charge on any atom is -0.312 e. The number of halogens is 3. The van der Waals surface area contributed by atoms with Gasteiger partial charge in [-0.25, -0.2) is 0 Å². The Balaban J connectivity index is 2.42. The van der Waals surface area contributed by atoms with Gasteiger partial charge in [0.15, 0.2) is 0 Å². The molecule has 0 heterocycles. The van der Waals surface area contributed by atoms with Crippen molar-refractivity contribution in [2.24, 2.45) is 0 Å². The molecule has 0 aliphatic carbocycles. The van der Waals surface area contributed by atoms with Gasteiger partial charge in [-0.15, -0.1) is 0 Å². The number of benzene rings is 1. The number of hydrogen-bond donors (Lipinski definition) is 1. The fourth-order valence-electron chi connectivity index (χ4n) is 1.24. The number of nitro groups is 1. The fourth-order valence-corrected chi connectivity index (χ4v) is 1.24. The lowest BCUT2D eigenvalue weighted by Crippen LogP contribution is -2.21. The lowest BCUT2D eigenvalue weighted by atomic mass is 10.2. The first-order valence-corrected chi connectivity index (χ1v) is 4.89. The van der Waals surface area contributed by atoms with Crippen LogP contribution in [0, 0.1) is 10.1 Å². The normalized spacial score (nSPS) is 11.5. The van der Waals surface area contributed by atoms with E-state index in [0.29, 0.717) is 5.56 Å². The van der Waals surface area contributed by atoms with E-state index in [0.717, 1.165) is 0 Å². The maximum Gasteiger partial charge on any atom is 0.390 e. The summed E-state index contributed by atoms with van der Waals surface area (Å²) in [6.07, 6.45) is -5.10. The van der Waals surface area contributed by atoms with E-state index in [9.17, 15) is 23.3 Å². The second-order valence-corrected chi connectivity index (χ2v) is 3.47. The molecule has 1 N–H and O–H groups in total. The van der Waals surface area contributed by atoms with Crippen molar-refractivity contribution in [1.29, 1.82) is 0 Å². The van der Waals surface area contributed by atoms with Crippen LogP contribution in [0.2, 0.25) is 0 Å². The second kappa shape index (κ2) is 5.62.